The number of carbonyl (C=O) groups excluding carboxylic acids is 2. The van der Waals surface area contributed by atoms with E-state index in [0.29, 0.717) is 51.1 Å². The molecule has 3 rings (SSSR count). The molecular weight excluding hydrogens is 359 g/mol. The Balaban J connectivity index is 1.42. The van der Waals surface area contributed by atoms with Gasteiger partial charge in [-0.25, -0.2) is 4.39 Å². The Kier molecular flexibility index (Phi) is 6.76. The molecule has 1 heterocycles. The summed E-state index contributed by atoms with van der Waals surface area (Å²) in [5.74, 6) is 0.629. The molecule has 5 nitrogen and oxygen atoms in total. The van der Waals surface area contributed by atoms with E-state index in [2.05, 4.69) is 4.90 Å². The summed E-state index contributed by atoms with van der Waals surface area (Å²) >= 11 is 0. The normalized spacial score (nSPS) is 14.7. The van der Waals surface area contributed by atoms with Crippen molar-refractivity contribution in [2.45, 2.75) is 12.8 Å². The fourth-order valence-electron chi connectivity index (χ4n) is 3.29. The van der Waals surface area contributed by atoms with Gasteiger partial charge in [-0.15, -0.1) is 0 Å². The number of ketones is 1. The van der Waals surface area contributed by atoms with Crippen molar-refractivity contribution in [3.05, 3.63) is 65.5 Å². The lowest BCUT2D eigenvalue weighted by Crippen LogP contribution is -2.49. The quantitative estimate of drug-likeness (QED) is 0.689. The summed E-state index contributed by atoms with van der Waals surface area (Å²) < 4.78 is 18.0. The zero-order chi connectivity index (χ0) is 19.9. The molecule has 2 aromatic carbocycles. The van der Waals surface area contributed by atoms with Crippen LogP contribution in [0.5, 0.6) is 5.75 Å². The first-order valence-electron chi connectivity index (χ1n) is 9.47. The molecule has 6 heteroatoms. The first-order valence-corrected chi connectivity index (χ1v) is 9.47. The average Bonchev–Trinajstić information content (AvgIpc) is 2.73. The molecule has 0 bridgehead atoms. The molecule has 2 aromatic rings. The van der Waals surface area contributed by atoms with E-state index in [4.69, 9.17) is 4.74 Å². The Labute approximate surface area is 164 Å². The molecule has 0 radical (unpaired) electrons. The molecule has 1 amide bonds. The Morgan fingerprint density at radius 2 is 1.61 bits per heavy atom. The number of nitrogens with zero attached hydrogens (tertiary/aromatic N) is 2. The molecule has 0 aliphatic carbocycles. The van der Waals surface area contributed by atoms with E-state index in [0.717, 1.165) is 11.3 Å². The molecule has 1 aliphatic rings. The fraction of sp³-hybridized carbons (Fsp3) is 0.364. The monoisotopic (exact) mass is 384 g/mol. The Hall–Kier alpha value is -2.73. The van der Waals surface area contributed by atoms with Gasteiger partial charge in [0.25, 0.3) is 0 Å². The van der Waals surface area contributed by atoms with Crippen molar-refractivity contribution in [1.29, 1.82) is 0 Å². The summed E-state index contributed by atoms with van der Waals surface area (Å²) in [5, 5.41) is 0. The lowest BCUT2D eigenvalue weighted by atomic mass is 10.1. The number of methoxy groups -OCH3 is 1. The SMILES string of the molecule is COc1ccc(C(=O)CN2CCN(C(=O)CCc3ccc(F)cc3)CC2)cc1. The molecule has 0 spiro atoms. The van der Waals surface area contributed by atoms with Gasteiger partial charge in [-0.05, 0) is 48.4 Å². The van der Waals surface area contributed by atoms with Crippen LogP contribution in [0.4, 0.5) is 4.39 Å². The van der Waals surface area contributed by atoms with E-state index in [1.54, 1.807) is 43.5 Å². The van der Waals surface area contributed by atoms with E-state index in [1.165, 1.54) is 12.1 Å². The summed E-state index contributed by atoms with van der Waals surface area (Å²) in [6.45, 7) is 2.97. The number of hydrogen-bond donors (Lipinski definition) is 0. The van der Waals surface area contributed by atoms with Gasteiger partial charge in [0.15, 0.2) is 5.78 Å². The molecule has 1 aliphatic heterocycles. The van der Waals surface area contributed by atoms with Gasteiger partial charge in [-0.3, -0.25) is 14.5 Å². The summed E-state index contributed by atoms with van der Waals surface area (Å²) in [4.78, 5) is 28.7. The van der Waals surface area contributed by atoms with E-state index in [-0.39, 0.29) is 17.5 Å². The molecule has 0 atom stereocenters. The first-order chi connectivity index (χ1) is 13.5. The van der Waals surface area contributed by atoms with Gasteiger partial charge in [-0.2, -0.15) is 0 Å². The van der Waals surface area contributed by atoms with Gasteiger partial charge in [0.05, 0.1) is 13.7 Å². The van der Waals surface area contributed by atoms with Gasteiger partial charge >= 0.3 is 0 Å². The van der Waals surface area contributed by atoms with Crippen molar-refractivity contribution in [2.24, 2.45) is 0 Å². The van der Waals surface area contributed by atoms with E-state index >= 15 is 0 Å². The molecule has 1 fully saturated rings. The highest BCUT2D eigenvalue weighted by Crippen LogP contribution is 2.13. The van der Waals surface area contributed by atoms with Gasteiger partial charge in [0.1, 0.15) is 11.6 Å². The smallest absolute Gasteiger partial charge is 0.222 e. The fourth-order valence-corrected chi connectivity index (χ4v) is 3.29. The summed E-state index contributed by atoms with van der Waals surface area (Å²) in [6.07, 6.45) is 1.02. The average molecular weight is 384 g/mol. The Bertz CT molecular complexity index is 798. The third kappa shape index (κ3) is 5.39. The van der Waals surface area contributed by atoms with Crippen molar-refractivity contribution in [3.63, 3.8) is 0 Å². The lowest BCUT2D eigenvalue weighted by molar-refractivity contribution is -0.132. The van der Waals surface area contributed by atoms with Crippen molar-refractivity contribution < 1.29 is 18.7 Å². The number of amides is 1. The highest BCUT2D eigenvalue weighted by Gasteiger charge is 2.22. The minimum absolute atomic E-state index is 0.0683. The van der Waals surface area contributed by atoms with Crippen LogP contribution in [0.2, 0.25) is 0 Å². The minimum atomic E-state index is -0.268. The number of halogens is 1. The third-order valence-electron chi connectivity index (χ3n) is 5.05. The second-order valence-corrected chi connectivity index (χ2v) is 6.94. The van der Waals surface area contributed by atoms with Crippen LogP contribution in [-0.4, -0.2) is 61.3 Å². The maximum Gasteiger partial charge on any atom is 0.222 e. The molecule has 0 saturated carbocycles. The topological polar surface area (TPSA) is 49.9 Å². The van der Waals surface area contributed by atoms with E-state index < -0.39 is 0 Å². The number of rotatable bonds is 7. The molecule has 1 saturated heterocycles. The van der Waals surface area contributed by atoms with E-state index in [9.17, 15) is 14.0 Å². The molecule has 0 aromatic heterocycles. The first kappa shape index (κ1) is 20.0. The molecule has 148 valence electrons. The predicted octanol–water partition coefficient (Wildman–Crippen LogP) is 2.79. The van der Waals surface area contributed by atoms with E-state index in [1.807, 2.05) is 4.90 Å². The summed E-state index contributed by atoms with van der Waals surface area (Å²) in [7, 11) is 1.59. The molecule has 28 heavy (non-hydrogen) atoms. The number of benzene rings is 2. The largest absolute Gasteiger partial charge is 0.497 e. The predicted molar refractivity (Wildman–Crippen MR) is 105 cm³/mol. The highest BCUT2D eigenvalue weighted by molar-refractivity contribution is 5.97. The summed E-state index contributed by atoms with van der Waals surface area (Å²) in [5.41, 5.74) is 1.62. The number of hydrogen-bond acceptors (Lipinski definition) is 4. The van der Waals surface area contributed by atoms with Crippen LogP contribution in [-0.2, 0) is 11.2 Å². The maximum atomic E-state index is 12.9. The van der Waals surface area contributed by atoms with Crippen LogP contribution < -0.4 is 4.74 Å². The maximum absolute atomic E-state index is 12.9. The molecule has 0 N–H and O–H groups in total. The van der Waals surface area contributed by atoms with Crippen LogP contribution in [0.25, 0.3) is 0 Å². The highest BCUT2D eigenvalue weighted by atomic mass is 19.1. The van der Waals surface area contributed by atoms with Gasteiger partial charge < -0.3 is 9.64 Å². The zero-order valence-corrected chi connectivity index (χ0v) is 16.1. The van der Waals surface area contributed by atoms with Crippen molar-refractivity contribution in [3.8, 4) is 5.75 Å². The number of aryl methyl sites for hydroxylation is 1. The van der Waals surface area contributed by atoms with Crippen molar-refractivity contribution in [1.82, 2.24) is 9.80 Å². The van der Waals surface area contributed by atoms with Crippen LogP contribution in [0.1, 0.15) is 22.3 Å². The minimum Gasteiger partial charge on any atom is -0.497 e. The number of piperazine rings is 1. The van der Waals surface area contributed by atoms with Crippen LogP contribution in [0.3, 0.4) is 0 Å². The number of Topliss-reactive ketones (excluding diaryl/α,β-unsaturated/α-hetero) is 1. The second-order valence-electron chi connectivity index (χ2n) is 6.94. The number of carbonyl (C=O) groups is 2. The third-order valence-corrected chi connectivity index (χ3v) is 5.05. The zero-order valence-electron chi connectivity index (χ0n) is 16.1. The van der Waals surface area contributed by atoms with Crippen LogP contribution >= 0.6 is 0 Å². The number of ether oxygens (including phenoxy) is 1. The van der Waals surface area contributed by atoms with Crippen molar-refractivity contribution in [2.75, 3.05) is 39.8 Å². The Morgan fingerprint density at radius 3 is 2.21 bits per heavy atom. The van der Waals surface area contributed by atoms with Gasteiger partial charge in [0, 0.05) is 38.2 Å². The van der Waals surface area contributed by atoms with Gasteiger partial charge in [0.2, 0.25) is 5.91 Å². The Morgan fingerprint density at radius 1 is 0.964 bits per heavy atom. The molecule has 0 unspecified atom stereocenters. The lowest BCUT2D eigenvalue weighted by Gasteiger charge is -2.34. The van der Waals surface area contributed by atoms with Crippen molar-refractivity contribution >= 4 is 11.7 Å². The van der Waals surface area contributed by atoms with Crippen LogP contribution in [0, 0.1) is 5.82 Å². The standard InChI is InChI=1S/C22H25FN2O3/c1-28-20-9-5-18(6-10-20)21(26)16-24-12-14-25(15-13-24)22(27)11-4-17-2-7-19(23)8-3-17/h2-3,5-10H,4,11-16H2,1H3. The second kappa shape index (κ2) is 9.46. The summed E-state index contributed by atoms with van der Waals surface area (Å²) in [6, 6.07) is 13.4. The molecular formula is C22H25FN2O3. The van der Waals surface area contributed by atoms with Gasteiger partial charge in [-0.1, -0.05) is 12.1 Å². The van der Waals surface area contributed by atoms with Crippen LogP contribution in [0.15, 0.2) is 48.5 Å².